The van der Waals surface area contributed by atoms with Crippen LogP contribution in [0.2, 0.25) is 5.02 Å². The van der Waals surface area contributed by atoms with E-state index in [1.165, 1.54) is 6.20 Å². The number of allylic oxidation sites excluding steroid dienone is 1. The second kappa shape index (κ2) is 10.6. The fraction of sp³-hybridized carbons (Fsp3) is 0.167. The summed E-state index contributed by atoms with van der Waals surface area (Å²) < 4.78 is 11.7. The topological polar surface area (TPSA) is 64.5 Å². The van der Waals surface area contributed by atoms with Gasteiger partial charge in [0.15, 0.2) is 0 Å². The fourth-order valence-corrected chi connectivity index (χ4v) is 2.81. The lowest BCUT2D eigenvalue weighted by Gasteiger charge is -2.18. The van der Waals surface area contributed by atoms with E-state index in [-0.39, 0.29) is 0 Å². The molecular formula is C24H23ClN2O3. The molecule has 1 atom stereocenters. The van der Waals surface area contributed by atoms with E-state index in [4.69, 9.17) is 21.1 Å². The van der Waals surface area contributed by atoms with E-state index in [0.29, 0.717) is 40.2 Å². The molecule has 3 rings (SSSR count). The van der Waals surface area contributed by atoms with Gasteiger partial charge < -0.3 is 14.6 Å². The molecule has 6 heteroatoms. The average Bonchev–Trinajstić information content (AvgIpc) is 2.79. The lowest BCUT2D eigenvalue weighted by Crippen LogP contribution is -2.06. The Hall–Kier alpha value is -3.15. The van der Waals surface area contributed by atoms with E-state index in [9.17, 15) is 5.11 Å². The van der Waals surface area contributed by atoms with Crippen LogP contribution in [0.4, 0.5) is 0 Å². The standard InChI is InChI=1S/C24H23ClN2O3/c1-3-5-22(17(2)24(28)19-6-4-13-26-14-19)29-16-18-7-10-21(11-8-18)30-23-12-9-20(25)15-27-23/h4-15,24,28H,2-3,16H2,1H3/b22-5-. The smallest absolute Gasteiger partial charge is 0.219 e. The largest absolute Gasteiger partial charge is 0.489 e. The number of pyridine rings is 2. The number of benzene rings is 1. The number of aromatic nitrogens is 2. The summed E-state index contributed by atoms with van der Waals surface area (Å²) in [6.45, 7) is 6.36. The van der Waals surface area contributed by atoms with Crippen molar-refractivity contribution >= 4 is 11.6 Å². The Bertz CT molecular complexity index is 987. The SMILES string of the molecule is C=C(/C(=C/CC)OCc1ccc(Oc2ccc(Cl)cn2)cc1)C(O)c1cccnc1. The molecular weight excluding hydrogens is 400 g/mol. The maximum atomic E-state index is 10.6. The summed E-state index contributed by atoms with van der Waals surface area (Å²) in [5.74, 6) is 1.70. The van der Waals surface area contributed by atoms with Crippen LogP contribution >= 0.6 is 11.6 Å². The van der Waals surface area contributed by atoms with E-state index >= 15 is 0 Å². The van der Waals surface area contributed by atoms with Crippen molar-refractivity contribution in [3.05, 3.63) is 107 Å². The Morgan fingerprint density at radius 3 is 2.60 bits per heavy atom. The number of halogens is 1. The van der Waals surface area contributed by atoms with E-state index < -0.39 is 6.10 Å². The third-order valence-electron chi connectivity index (χ3n) is 4.28. The van der Waals surface area contributed by atoms with Crippen LogP contribution in [0.5, 0.6) is 11.6 Å². The molecule has 0 amide bonds. The molecule has 0 aliphatic rings. The minimum atomic E-state index is -0.876. The molecule has 1 N–H and O–H groups in total. The van der Waals surface area contributed by atoms with Crippen LogP contribution in [-0.2, 0) is 11.3 Å². The number of hydrogen-bond donors (Lipinski definition) is 1. The van der Waals surface area contributed by atoms with Gasteiger partial charge in [0.05, 0.1) is 5.02 Å². The first-order valence-electron chi connectivity index (χ1n) is 9.55. The highest BCUT2D eigenvalue weighted by Gasteiger charge is 2.16. The van der Waals surface area contributed by atoms with Crippen molar-refractivity contribution in [3.8, 4) is 11.6 Å². The molecule has 1 aromatic carbocycles. The highest BCUT2D eigenvalue weighted by molar-refractivity contribution is 6.30. The van der Waals surface area contributed by atoms with Gasteiger partial charge in [-0.3, -0.25) is 4.98 Å². The second-order valence-electron chi connectivity index (χ2n) is 6.54. The first kappa shape index (κ1) is 21.6. The van der Waals surface area contributed by atoms with E-state index in [1.54, 1.807) is 36.7 Å². The summed E-state index contributed by atoms with van der Waals surface area (Å²) in [7, 11) is 0. The summed E-state index contributed by atoms with van der Waals surface area (Å²) in [5, 5.41) is 11.1. The molecule has 0 radical (unpaired) electrons. The van der Waals surface area contributed by atoms with Gasteiger partial charge in [0, 0.05) is 35.8 Å². The third kappa shape index (κ3) is 5.92. The lowest BCUT2D eigenvalue weighted by molar-refractivity contribution is 0.168. The van der Waals surface area contributed by atoms with Gasteiger partial charge in [-0.05, 0) is 42.3 Å². The van der Waals surface area contributed by atoms with Crippen LogP contribution < -0.4 is 4.74 Å². The van der Waals surface area contributed by atoms with Crippen molar-refractivity contribution in [2.24, 2.45) is 0 Å². The van der Waals surface area contributed by atoms with Gasteiger partial charge in [0.2, 0.25) is 5.88 Å². The molecule has 0 saturated heterocycles. The number of hydrogen-bond acceptors (Lipinski definition) is 5. The molecule has 3 aromatic rings. The number of rotatable bonds is 9. The number of nitrogens with zero attached hydrogens (tertiary/aromatic N) is 2. The van der Waals surface area contributed by atoms with Crippen molar-refractivity contribution in [1.29, 1.82) is 0 Å². The molecule has 0 saturated carbocycles. The van der Waals surface area contributed by atoms with E-state index in [0.717, 1.165) is 12.0 Å². The van der Waals surface area contributed by atoms with Crippen LogP contribution in [0, 0.1) is 0 Å². The third-order valence-corrected chi connectivity index (χ3v) is 4.50. The zero-order valence-corrected chi connectivity index (χ0v) is 17.4. The predicted molar refractivity (Wildman–Crippen MR) is 117 cm³/mol. The zero-order valence-electron chi connectivity index (χ0n) is 16.7. The molecule has 1 unspecified atom stereocenters. The van der Waals surface area contributed by atoms with Crippen LogP contribution in [0.1, 0.15) is 30.6 Å². The molecule has 154 valence electrons. The number of ether oxygens (including phenoxy) is 2. The van der Waals surface area contributed by atoms with Crippen molar-refractivity contribution in [2.75, 3.05) is 0 Å². The number of aliphatic hydroxyl groups excluding tert-OH is 1. The molecule has 30 heavy (non-hydrogen) atoms. The minimum Gasteiger partial charge on any atom is -0.489 e. The highest BCUT2D eigenvalue weighted by Crippen LogP contribution is 2.27. The zero-order chi connectivity index (χ0) is 21.3. The van der Waals surface area contributed by atoms with Crippen LogP contribution in [0.25, 0.3) is 0 Å². The maximum absolute atomic E-state index is 10.6. The van der Waals surface area contributed by atoms with Gasteiger partial charge in [-0.15, -0.1) is 0 Å². The normalized spacial score (nSPS) is 12.3. The summed E-state index contributed by atoms with van der Waals surface area (Å²) >= 11 is 5.83. The Morgan fingerprint density at radius 2 is 1.97 bits per heavy atom. The maximum Gasteiger partial charge on any atom is 0.219 e. The van der Waals surface area contributed by atoms with E-state index in [1.807, 2.05) is 37.3 Å². The molecule has 0 bridgehead atoms. The van der Waals surface area contributed by atoms with Crippen molar-refractivity contribution in [3.63, 3.8) is 0 Å². The summed E-state index contributed by atoms with van der Waals surface area (Å²) in [4.78, 5) is 8.16. The average molecular weight is 423 g/mol. The molecule has 0 aliphatic carbocycles. The minimum absolute atomic E-state index is 0.337. The lowest BCUT2D eigenvalue weighted by atomic mass is 10.0. The fourth-order valence-electron chi connectivity index (χ4n) is 2.70. The first-order chi connectivity index (χ1) is 14.6. The van der Waals surface area contributed by atoms with Crippen LogP contribution in [-0.4, -0.2) is 15.1 Å². The van der Waals surface area contributed by atoms with E-state index in [2.05, 4.69) is 16.5 Å². The first-order valence-corrected chi connectivity index (χ1v) is 9.93. The summed E-state index contributed by atoms with van der Waals surface area (Å²) in [6, 6.07) is 14.5. The van der Waals surface area contributed by atoms with Gasteiger partial charge in [0.1, 0.15) is 24.2 Å². The second-order valence-corrected chi connectivity index (χ2v) is 6.98. The van der Waals surface area contributed by atoms with Crippen molar-refractivity contribution in [1.82, 2.24) is 9.97 Å². The summed E-state index contributed by atoms with van der Waals surface area (Å²) in [5.41, 5.74) is 2.13. The summed E-state index contributed by atoms with van der Waals surface area (Å²) in [6.07, 6.45) is 6.61. The van der Waals surface area contributed by atoms with Crippen LogP contribution in [0.15, 0.2) is 91.1 Å². The predicted octanol–water partition coefficient (Wildman–Crippen LogP) is 6.02. The van der Waals surface area contributed by atoms with Crippen molar-refractivity contribution in [2.45, 2.75) is 26.1 Å². The highest BCUT2D eigenvalue weighted by atomic mass is 35.5. The monoisotopic (exact) mass is 422 g/mol. The number of aliphatic hydroxyl groups is 1. The van der Waals surface area contributed by atoms with Gasteiger partial charge in [0.25, 0.3) is 0 Å². The van der Waals surface area contributed by atoms with Crippen LogP contribution in [0.3, 0.4) is 0 Å². The van der Waals surface area contributed by atoms with Gasteiger partial charge >= 0.3 is 0 Å². The Labute approximate surface area is 181 Å². The quantitative estimate of drug-likeness (QED) is 0.337. The Kier molecular flexibility index (Phi) is 7.60. The molecule has 0 aliphatic heterocycles. The Balaban J connectivity index is 1.61. The van der Waals surface area contributed by atoms with Gasteiger partial charge in [-0.25, -0.2) is 4.98 Å². The van der Waals surface area contributed by atoms with Crippen molar-refractivity contribution < 1.29 is 14.6 Å². The molecule has 5 nitrogen and oxygen atoms in total. The molecule has 2 heterocycles. The molecule has 0 fully saturated rings. The molecule has 0 spiro atoms. The molecule has 2 aromatic heterocycles. The van der Waals surface area contributed by atoms with Gasteiger partial charge in [-0.2, -0.15) is 0 Å². The Morgan fingerprint density at radius 1 is 1.17 bits per heavy atom. The van der Waals surface area contributed by atoms with Gasteiger partial charge in [-0.1, -0.05) is 43.3 Å².